The Morgan fingerprint density at radius 3 is 2.67 bits per heavy atom. The van der Waals surface area contributed by atoms with Gasteiger partial charge >= 0.3 is 0 Å². The number of nitrogens with zero attached hydrogens (tertiary/aromatic N) is 2. The first-order valence-electron chi connectivity index (χ1n) is 6.54. The predicted molar refractivity (Wildman–Crippen MR) is 79.1 cm³/mol. The van der Waals surface area contributed by atoms with Gasteiger partial charge in [-0.15, -0.1) is 0 Å². The number of carbonyl (C=O) groups excluding carboxylic acids is 1. The van der Waals surface area contributed by atoms with Crippen molar-refractivity contribution in [3.8, 4) is 0 Å². The van der Waals surface area contributed by atoms with E-state index in [9.17, 15) is 9.59 Å². The second kappa shape index (κ2) is 5.58. The van der Waals surface area contributed by atoms with Gasteiger partial charge in [0, 0.05) is 18.9 Å². The second-order valence-corrected chi connectivity index (χ2v) is 4.57. The minimum Gasteiger partial charge on any atom is -0.348 e. The van der Waals surface area contributed by atoms with E-state index in [1.807, 2.05) is 30.3 Å². The van der Waals surface area contributed by atoms with Crippen molar-refractivity contribution < 1.29 is 4.79 Å². The van der Waals surface area contributed by atoms with Gasteiger partial charge < -0.3 is 5.32 Å². The van der Waals surface area contributed by atoms with Crippen molar-refractivity contribution >= 4 is 11.6 Å². The predicted octanol–water partition coefficient (Wildman–Crippen LogP) is 1.62. The first kappa shape index (κ1) is 13.1. The minimum atomic E-state index is -0.422. The van der Waals surface area contributed by atoms with Crippen LogP contribution in [0, 0.1) is 0 Å². The van der Waals surface area contributed by atoms with Gasteiger partial charge in [-0.3, -0.25) is 14.0 Å². The molecular weight excluding hydrogens is 266 g/mol. The zero-order valence-electron chi connectivity index (χ0n) is 11.2. The molecule has 0 aliphatic rings. The van der Waals surface area contributed by atoms with Crippen molar-refractivity contribution in [3.05, 3.63) is 82.4 Å². The standard InChI is InChI=1S/C16H13N3O2/c20-15(18-10-12-6-2-1-3-7-12)13-11-17-14-8-4-5-9-19(14)16(13)21/h1-9,11H,10H2,(H,18,20). The third-order valence-electron chi connectivity index (χ3n) is 3.15. The van der Waals surface area contributed by atoms with Crippen LogP contribution in [0.3, 0.4) is 0 Å². The monoisotopic (exact) mass is 279 g/mol. The van der Waals surface area contributed by atoms with E-state index in [0.29, 0.717) is 12.2 Å². The van der Waals surface area contributed by atoms with Crippen molar-refractivity contribution in [1.29, 1.82) is 0 Å². The molecule has 3 rings (SSSR count). The maximum Gasteiger partial charge on any atom is 0.270 e. The highest BCUT2D eigenvalue weighted by molar-refractivity contribution is 5.93. The molecule has 2 heterocycles. The fourth-order valence-corrected chi connectivity index (χ4v) is 2.06. The van der Waals surface area contributed by atoms with Crippen LogP contribution in [0.5, 0.6) is 0 Å². The Kier molecular flexibility index (Phi) is 3.47. The van der Waals surface area contributed by atoms with Crippen LogP contribution in [0.1, 0.15) is 15.9 Å². The molecule has 1 N–H and O–H groups in total. The highest BCUT2D eigenvalue weighted by Crippen LogP contribution is 2.00. The number of benzene rings is 1. The Balaban J connectivity index is 1.85. The Morgan fingerprint density at radius 1 is 1.10 bits per heavy atom. The second-order valence-electron chi connectivity index (χ2n) is 4.57. The molecule has 0 radical (unpaired) electrons. The van der Waals surface area contributed by atoms with E-state index in [-0.39, 0.29) is 11.1 Å². The van der Waals surface area contributed by atoms with E-state index in [4.69, 9.17) is 0 Å². The molecule has 0 atom stereocenters. The van der Waals surface area contributed by atoms with E-state index < -0.39 is 5.91 Å². The van der Waals surface area contributed by atoms with Crippen LogP contribution >= 0.6 is 0 Å². The average Bonchev–Trinajstić information content (AvgIpc) is 2.54. The molecule has 1 aromatic carbocycles. The number of hydrogen-bond donors (Lipinski definition) is 1. The lowest BCUT2D eigenvalue weighted by Crippen LogP contribution is -2.31. The summed E-state index contributed by atoms with van der Waals surface area (Å²) in [6, 6.07) is 14.7. The molecule has 1 amide bonds. The maximum atomic E-state index is 12.2. The molecule has 5 nitrogen and oxygen atoms in total. The maximum absolute atomic E-state index is 12.2. The molecule has 0 bridgehead atoms. The number of aromatic nitrogens is 2. The summed E-state index contributed by atoms with van der Waals surface area (Å²) in [6.07, 6.45) is 2.91. The first-order valence-corrected chi connectivity index (χ1v) is 6.54. The number of pyridine rings is 1. The number of fused-ring (bicyclic) bond motifs is 1. The lowest BCUT2D eigenvalue weighted by molar-refractivity contribution is 0.0949. The van der Waals surface area contributed by atoms with Crippen molar-refractivity contribution in [2.45, 2.75) is 6.54 Å². The summed E-state index contributed by atoms with van der Waals surface area (Å²) in [5.41, 5.74) is 1.16. The molecule has 0 fully saturated rings. The first-order chi connectivity index (χ1) is 10.3. The van der Waals surface area contributed by atoms with Crippen LogP contribution in [-0.4, -0.2) is 15.3 Å². The summed E-state index contributed by atoms with van der Waals surface area (Å²) < 4.78 is 1.36. The third kappa shape index (κ3) is 2.67. The molecule has 0 saturated carbocycles. The fourth-order valence-electron chi connectivity index (χ4n) is 2.06. The molecule has 0 unspecified atom stereocenters. The van der Waals surface area contributed by atoms with Gasteiger partial charge in [0.2, 0.25) is 0 Å². The van der Waals surface area contributed by atoms with E-state index in [1.54, 1.807) is 24.4 Å². The van der Waals surface area contributed by atoms with Gasteiger partial charge in [0.05, 0.1) is 0 Å². The van der Waals surface area contributed by atoms with Gasteiger partial charge in [-0.2, -0.15) is 0 Å². The summed E-state index contributed by atoms with van der Waals surface area (Å²) in [6.45, 7) is 0.372. The Morgan fingerprint density at radius 2 is 1.86 bits per heavy atom. The number of nitrogens with one attached hydrogen (secondary N) is 1. The lowest BCUT2D eigenvalue weighted by atomic mass is 10.2. The highest BCUT2D eigenvalue weighted by Gasteiger charge is 2.12. The Bertz CT molecular complexity index is 841. The van der Waals surface area contributed by atoms with Crippen LogP contribution in [0.15, 0.2) is 65.7 Å². The molecule has 0 saturated heterocycles. The molecule has 0 aliphatic carbocycles. The Labute approximate surface area is 120 Å². The lowest BCUT2D eigenvalue weighted by Gasteiger charge is -2.06. The Hall–Kier alpha value is -2.95. The molecule has 104 valence electrons. The van der Waals surface area contributed by atoms with E-state index in [2.05, 4.69) is 10.3 Å². The van der Waals surface area contributed by atoms with E-state index >= 15 is 0 Å². The number of carbonyl (C=O) groups is 1. The molecule has 0 aliphatic heterocycles. The van der Waals surface area contributed by atoms with Gasteiger partial charge in [-0.05, 0) is 17.7 Å². The van der Waals surface area contributed by atoms with Crippen LogP contribution < -0.4 is 10.9 Å². The molecular formula is C16H13N3O2. The molecule has 3 aromatic rings. The van der Waals surface area contributed by atoms with Crippen LogP contribution in [0.2, 0.25) is 0 Å². The minimum absolute atomic E-state index is 0.0367. The fraction of sp³-hybridized carbons (Fsp3) is 0.0625. The number of amides is 1. The van der Waals surface area contributed by atoms with Gasteiger partial charge in [-0.25, -0.2) is 4.98 Å². The molecule has 21 heavy (non-hydrogen) atoms. The normalized spacial score (nSPS) is 10.5. The molecule has 0 spiro atoms. The summed E-state index contributed by atoms with van der Waals surface area (Å²) in [4.78, 5) is 28.5. The van der Waals surface area contributed by atoms with Gasteiger partial charge in [0.1, 0.15) is 11.2 Å². The van der Waals surface area contributed by atoms with Crippen molar-refractivity contribution in [3.63, 3.8) is 0 Å². The topological polar surface area (TPSA) is 63.5 Å². The van der Waals surface area contributed by atoms with Crippen molar-refractivity contribution in [1.82, 2.24) is 14.7 Å². The highest BCUT2D eigenvalue weighted by atomic mass is 16.2. The summed E-state index contributed by atoms with van der Waals surface area (Å²) in [5, 5.41) is 2.73. The number of hydrogen-bond acceptors (Lipinski definition) is 3. The quantitative estimate of drug-likeness (QED) is 0.792. The molecule has 2 aromatic heterocycles. The van der Waals surface area contributed by atoms with Crippen molar-refractivity contribution in [2.24, 2.45) is 0 Å². The SMILES string of the molecule is O=C(NCc1ccccc1)c1cnc2ccccn2c1=O. The summed E-state index contributed by atoms with van der Waals surface area (Å²) in [7, 11) is 0. The van der Waals surface area contributed by atoms with Gasteiger partial charge in [0.25, 0.3) is 11.5 Å². The van der Waals surface area contributed by atoms with Gasteiger partial charge in [0.15, 0.2) is 0 Å². The summed E-state index contributed by atoms with van der Waals surface area (Å²) >= 11 is 0. The van der Waals surface area contributed by atoms with Crippen molar-refractivity contribution in [2.75, 3.05) is 0 Å². The third-order valence-corrected chi connectivity index (χ3v) is 3.15. The zero-order valence-corrected chi connectivity index (χ0v) is 11.2. The van der Waals surface area contributed by atoms with Crippen LogP contribution in [0.4, 0.5) is 0 Å². The average molecular weight is 279 g/mol. The molecule has 5 heteroatoms. The zero-order chi connectivity index (χ0) is 14.7. The largest absolute Gasteiger partial charge is 0.348 e. The summed E-state index contributed by atoms with van der Waals surface area (Å²) in [5.74, 6) is -0.422. The van der Waals surface area contributed by atoms with Gasteiger partial charge in [-0.1, -0.05) is 36.4 Å². The number of rotatable bonds is 3. The van der Waals surface area contributed by atoms with Crippen LogP contribution in [-0.2, 0) is 6.54 Å². The smallest absolute Gasteiger partial charge is 0.270 e. The van der Waals surface area contributed by atoms with Crippen LogP contribution in [0.25, 0.3) is 5.65 Å². The van der Waals surface area contributed by atoms with E-state index in [0.717, 1.165) is 5.56 Å². The van der Waals surface area contributed by atoms with E-state index in [1.165, 1.54) is 10.6 Å².